The highest BCUT2D eigenvalue weighted by Crippen LogP contribution is 2.23. The molecule has 0 heteroatoms. The number of rotatable bonds is 7. The zero-order valence-corrected chi connectivity index (χ0v) is 11.7. The lowest BCUT2D eigenvalue weighted by atomic mass is 9.89. The van der Waals surface area contributed by atoms with Crippen LogP contribution in [0.2, 0.25) is 0 Å². The molecular formula is C17H26. The number of allylic oxidation sites excluding steroid dienone is 1. The fourth-order valence-electron chi connectivity index (χ4n) is 2.63. The summed E-state index contributed by atoms with van der Waals surface area (Å²) in [5.41, 5.74) is 6.31. The molecule has 0 radical (unpaired) electrons. The van der Waals surface area contributed by atoms with Crippen LogP contribution < -0.4 is 0 Å². The Kier molecular flexibility index (Phi) is 6.04. The smallest absolute Gasteiger partial charge is 0.0270 e. The number of unbranched alkanes of at least 4 members (excludes halogenated alkanes) is 1. The predicted molar refractivity (Wildman–Crippen MR) is 77.7 cm³/mol. The average Bonchev–Trinajstić information content (AvgIpc) is 2.38. The van der Waals surface area contributed by atoms with Crippen molar-refractivity contribution in [3.05, 3.63) is 47.0 Å². The average molecular weight is 230 g/mol. The third-order valence-corrected chi connectivity index (χ3v) is 3.58. The summed E-state index contributed by atoms with van der Waals surface area (Å²) < 4.78 is 0. The Balaban J connectivity index is 3.06. The highest BCUT2D eigenvalue weighted by Gasteiger charge is 2.09. The number of benzene rings is 1. The van der Waals surface area contributed by atoms with Crippen LogP contribution in [0.5, 0.6) is 0 Å². The summed E-state index contributed by atoms with van der Waals surface area (Å²) in [6, 6.07) is 4.66. The van der Waals surface area contributed by atoms with E-state index in [2.05, 4.69) is 39.5 Å². The summed E-state index contributed by atoms with van der Waals surface area (Å²) in [6.45, 7) is 10.6. The van der Waals surface area contributed by atoms with Gasteiger partial charge in [0, 0.05) is 0 Å². The topological polar surface area (TPSA) is 0 Å². The summed E-state index contributed by atoms with van der Waals surface area (Å²) in [6.07, 6.45) is 9.08. The van der Waals surface area contributed by atoms with Crippen LogP contribution in [-0.4, -0.2) is 0 Å². The maximum atomic E-state index is 3.81. The molecule has 0 unspecified atom stereocenters. The molecular weight excluding hydrogens is 204 g/mol. The molecule has 0 aromatic heterocycles. The van der Waals surface area contributed by atoms with Crippen molar-refractivity contribution >= 4 is 0 Å². The number of hydrogen-bond acceptors (Lipinski definition) is 0. The molecule has 0 aliphatic heterocycles. The van der Waals surface area contributed by atoms with Crippen LogP contribution in [-0.2, 0) is 25.7 Å². The Labute approximate surface area is 107 Å². The highest BCUT2D eigenvalue weighted by molar-refractivity contribution is 5.41. The normalized spacial score (nSPS) is 10.5. The van der Waals surface area contributed by atoms with Gasteiger partial charge in [0.1, 0.15) is 0 Å². The summed E-state index contributed by atoms with van der Waals surface area (Å²) in [5, 5.41) is 0. The van der Waals surface area contributed by atoms with E-state index in [-0.39, 0.29) is 0 Å². The molecule has 0 spiro atoms. The van der Waals surface area contributed by atoms with Crippen LogP contribution in [0.4, 0.5) is 0 Å². The van der Waals surface area contributed by atoms with Crippen LogP contribution in [0.15, 0.2) is 24.8 Å². The largest absolute Gasteiger partial charge is 0.103 e. The van der Waals surface area contributed by atoms with E-state index in [9.17, 15) is 0 Å². The van der Waals surface area contributed by atoms with Crippen LogP contribution in [0.1, 0.15) is 55.9 Å². The summed E-state index contributed by atoms with van der Waals surface area (Å²) >= 11 is 0. The maximum absolute atomic E-state index is 3.81. The molecule has 0 nitrogen and oxygen atoms in total. The van der Waals surface area contributed by atoms with Gasteiger partial charge in [-0.25, -0.2) is 0 Å². The van der Waals surface area contributed by atoms with Gasteiger partial charge in [-0.2, -0.15) is 0 Å². The van der Waals surface area contributed by atoms with Crippen molar-refractivity contribution in [3.8, 4) is 0 Å². The van der Waals surface area contributed by atoms with Crippen molar-refractivity contribution in [1.82, 2.24) is 0 Å². The molecule has 17 heavy (non-hydrogen) atoms. The Morgan fingerprint density at radius 2 is 1.53 bits per heavy atom. The number of aryl methyl sites for hydroxylation is 2. The Morgan fingerprint density at radius 1 is 0.941 bits per heavy atom. The molecule has 94 valence electrons. The van der Waals surface area contributed by atoms with Gasteiger partial charge in [-0.05, 0) is 60.8 Å². The van der Waals surface area contributed by atoms with E-state index in [0.717, 1.165) is 19.3 Å². The molecule has 1 rings (SSSR count). The van der Waals surface area contributed by atoms with E-state index < -0.39 is 0 Å². The lowest BCUT2D eigenvalue weighted by Gasteiger charge is -2.16. The van der Waals surface area contributed by atoms with Gasteiger partial charge < -0.3 is 0 Å². The summed E-state index contributed by atoms with van der Waals surface area (Å²) in [5.74, 6) is 0. The van der Waals surface area contributed by atoms with Crippen LogP contribution >= 0.6 is 0 Å². The van der Waals surface area contributed by atoms with E-state index in [4.69, 9.17) is 0 Å². The predicted octanol–water partition coefficient (Wildman–Crippen LogP) is 4.88. The van der Waals surface area contributed by atoms with Crippen LogP contribution in [0.25, 0.3) is 0 Å². The second kappa shape index (κ2) is 7.32. The van der Waals surface area contributed by atoms with Crippen LogP contribution in [0.3, 0.4) is 0 Å². The fraction of sp³-hybridized carbons (Fsp3) is 0.529. The van der Waals surface area contributed by atoms with E-state index >= 15 is 0 Å². The van der Waals surface area contributed by atoms with Crippen molar-refractivity contribution < 1.29 is 0 Å². The lowest BCUT2D eigenvalue weighted by molar-refractivity contribution is 0.813. The van der Waals surface area contributed by atoms with Gasteiger partial charge in [0.25, 0.3) is 0 Å². The molecule has 0 saturated carbocycles. The zero-order chi connectivity index (χ0) is 12.7. The van der Waals surface area contributed by atoms with Gasteiger partial charge in [-0.15, -0.1) is 6.58 Å². The molecule has 1 aromatic rings. The Hall–Kier alpha value is -1.04. The van der Waals surface area contributed by atoms with Crippen molar-refractivity contribution in [2.75, 3.05) is 0 Å². The summed E-state index contributed by atoms with van der Waals surface area (Å²) in [4.78, 5) is 0. The monoisotopic (exact) mass is 230 g/mol. The first kappa shape index (κ1) is 14.0. The lowest BCUT2D eigenvalue weighted by Crippen LogP contribution is -2.03. The molecule has 0 saturated heterocycles. The van der Waals surface area contributed by atoms with Crippen molar-refractivity contribution in [1.29, 1.82) is 0 Å². The SMILES string of the molecule is C=CCCCc1c(CC)ccc(CC)c1CC. The third kappa shape index (κ3) is 3.46. The van der Waals surface area contributed by atoms with Crippen molar-refractivity contribution in [2.24, 2.45) is 0 Å². The minimum Gasteiger partial charge on any atom is -0.103 e. The van der Waals surface area contributed by atoms with Gasteiger partial charge in [-0.1, -0.05) is 39.0 Å². The van der Waals surface area contributed by atoms with E-state index in [1.807, 2.05) is 6.08 Å². The van der Waals surface area contributed by atoms with Gasteiger partial charge in [0.05, 0.1) is 0 Å². The molecule has 0 atom stereocenters. The van der Waals surface area contributed by atoms with Crippen molar-refractivity contribution in [3.63, 3.8) is 0 Å². The quantitative estimate of drug-likeness (QED) is 0.462. The Bertz CT molecular complexity index is 361. The third-order valence-electron chi connectivity index (χ3n) is 3.58. The molecule has 0 heterocycles. The first-order valence-electron chi connectivity index (χ1n) is 7.01. The van der Waals surface area contributed by atoms with E-state index in [1.165, 1.54) is 19.3 Å². The molecule has 0 N–H and O–H groups in total. The standard InChI is InChI=1S/C17H26/c1-5-9-10-11-17-15(7-3)13-12-14(6-2)16(17)8-4/h5,12-13H,1,6-11H2,2-4H3. The minimum atomic E-state index is 1.13. The van der Waals surface area contributed by atoms with Gasteiger partial charge >= 0.3 is 0 Å². The van der Waals surface area contributed by atoms with Crippen LogP contribution in [0, 0.1) is 0 Å². The molecule has 0 amide bonds. The fourth-order valence-corrected chi connectivity index (χ4v) is 2.63. The maximum Gasteiger partial charge on any atom is -0.0270 e. The minimum absolute atomic E-state index is 1.13. The van der Waals surface area contributed by atoms with Gasteiger partial charge in [-0.3, -0.25) is 0 Å². The molecule has 1 aromatic carbocycles. The first-order valence-corrected chi connectivity index (χ1v) is 7.01. The van der Waals surface area contributed by atoms with E-state index in [1.54, 1.807) is 22.3 Å². The Morgan fingerprint density at radius 3 is 2.00 bits per heavy atom. The zero-order valence-electron chi connectivity index (χ0n) is 11.7. The molecule has 0 bridgehead atoms. The molecule has 0 aliphatic carbocycles. The van der Waals surface area contributed by atoms with Gasteiger partial charge in [0.15, 0.2) is 0 Å². The number of hydrogen-bond donors (Lipinski definition) is 0. The second-order valence-corrected chi connectivity index (χ2v) is 4.58. The first-order chi connectivity index (χ1) is 8.28. The highest BCUT2D eigenvalue weighted by atomic mass is 14.1. The molecule has 0 aliphatic rings. The summed E-state index contributed by atoms with van der Waals surface area (Å²) in [7, 11) is 0. The van der Waals surface area contributed by atoms with E-state index in [0.29, 0.717) is 0 Å². The molecule has 0 fully saturated rings. The van der Waals surface area contributed by atoms with Crippen molar-refractivity contribution in [2.45, 2.75) is 59.3 Å². The van der Waals surface area contributed by atoms with Gasteiger partial charge in [0.2, 0.25) is 0 Å². The second-order valence-electron chi connectivity index (χ2n) is 4.58.